The fourth-order valence-electron chi connectivity index (χ4n) is 3.45. The topological polar surface area (TPSA) is 35.2 Å². The van der Waals surface area contributed by atoms with Gasteiger partial charge in [0.05, 0.1) is 5.60 Å². The van der Waals surface area contributed by atoms with E-state index in [9.17, 15) is 0 Å². The zero-order chi connectivity index (χ0) is 13.3. The highest BCUT2D eigenvalue weighted by molar-refractivity contribution is 7.99. The quantitative estimate of drug-likeness (QED) is 0.901. The molecule has 3 rings (SSSR count). The Morgan fingerprint density at radius 3 is 3.00 bits per heavy atom. The van der Waals surface area contributed by atoms with Crippen LogP contribution in [-0.4, -0.2) is 23.7 Å². The highest BCUT2D eigenvalue weighted by Crippen LogP contribution is 2.43. The first-order chi connectivity index (χ1) is 9.20. The Labute approximate surface area is 120 Å². The van der Waals surface area contributed by atoms with E-state index in [0.717, 1.165) is 25.2 Å². The van der Waals surface area contributed by atoms with Crippen LogP contribution in [0.5, 0.6) is 0 Å². The second kappa shape index (κ2) is 5.47. The van der Waals surface area contributed by atoms with E-state index in [2.05, 4.69) is 31.2 Å². The van der Waals surface area contributed by atoms with Crippen molar-refractivity contribution in [2.24, 2.45) is 11.7 Å². The van der Waals surface area contributed by atoms with Crippen LogP contribution in [0, 0.1) is 12.8 Å². The van der Waals surface area contributed by atoms with Crippen LogP contribution in [0.15, 0.2) is 24.3 Å². The molecule has 0 bridgehead atoms. The smallest absolute Gasteiger partial charge is 0.0783 e. The van der Waals surface area contributed by atoms with Gasteiger partial charge in [-0.2, -0.15) is 11.8 Å². The van der Waals surface area contributed by atoms with Crippen LogP contribution < -0.4 is 5.73 Å². The van der Waals surface area contributed by atoms with E-state index in [1.807, 2.05) is 11.8 Å². The molecule has 0 aromatic heterocycles. The minimum atomic E-state index is 0.133. The summed E-state index contributed by atoms with van der Waals surface area (Å²) in [5.74, 6) is 2.96. The monoisotopic (exact) mass is 277 g/mol. The first-order valence-electron chi connectivity index (χ1n) is 7.23. The van der Waals surface area contributed by atoms with E-state index in [-0.39, 0.29) is 11.6 Å². The number of aryl methyl sites for hydroxylation is 1. The molecular weight excluding hydrogens is 254 g/mol. The van der Waals surface area contributed by atoms with Gasteiger partial charge in [-0.1, -0.05) is 24.3 Å². The zero-order valence-corrected chi connectivity index (χ0v) is 12.4. The fourth-order valence-corrected chi connectivity index (χ4v) is 4.83. The Kier molecular flexibility index (Phi) is 3.88. The summed E-state index contributed by atoms with van der Waals surface area (Å²) in [6.07, 6.45) is 3.44. The molecular formula is C16H23NOS. The molecule has 2 saturated heterocycles. The average molecular weight is 277 g/mol. The first kappa shape index (κ1) is 13.5. The number of thioether (sulfide) groups is 1. The molecule has 1 aromatic rings. The molecule has 19 heavy (non-hydrogen) atoms. The van der Waals surface area contributed by atoms with E-state index in [4.69, 9.17) is 10.5 Å². The lowest BCUT2D eigenvalue weighted by atomic mass is 9.78. The van der Waals surface area contributed by atoms with E-state index in [1.165, 1.54) is 23.3 Å². The predicted molar refractivity (Wildman–Crippen MR) is 81.5 cm³/mol. The van der Waals surface area contributed by atoms with Gasteiger partial charge in [-0.05, 0) is 49.0 Å². The van der Waals surface area contributed by atoms with Crippen molar-refractivity contribution < 1.29 is 4.74 Å². The van der Waals surface area contributed by atoms with Gasteiger partial charge < -0.3 is 10.5 Å². The summed E-state index contributed by atoms with van der Waals surface area (Å²) in [5.41, 5.74) is 9.32. The standard InChI is InChI=1S/C16H23NOS/c1-12-4-2-3-5-14(12)15(17)13-6-8-18-16(10-13)7-9-19-11-16/h2-5,13,15H,6-11,17H2,1H3. The Bertz CT molecular complexity index is 442. The van der Waals surface area contributed by atoms with Crippen molar-refractivity contribution in [1.82, 2.24) is 0 Å². The molecule has 1 spiro atoms. The third-order valence-corrected chi connectivity index (χ3v) is 5.88. The van der Waals surface area contributed by atoms with Crippen molar-refractivity contribution in [1.29, 1.82) is 0 Å². The van der Waals surface area contributed by atoms with Crippen molar-refractivity contribution >= 4 is 11.8 Å². The molecule has 2 aliphatic heterocycles. The van der Waals surface area contributed by atoms with Crippen molar-refractivity contribution in [2.75, 3.05) is 18.1 Å². The van der Waals surface area contributed by atoms with Crippen LogP contribution in [0.25, 0.3) is 0 Å². The summed E-state index contributed by atoms with van der Waals surface area (Å²) in [7, 11) is 0. The van der Waals surface area contributed by atoms with E-state index in [1.54, 1.807) is 0 Å². The van der Waals surface area contributed by atoms with Gasteiger partial charge in [0.25, 0.3) is 0 Å². The lowest BCUT2D eigenvalue weighted by Crippen LogP contribution is -2.42. The average Bonchev–Trinajstić information content (AvgIpc) is 2.86. The Hall–Kier alpha value is -0.510. The van der Waals surface area contributed by atoms with Gasteiger partial charge in [0.1, 0.15) is 0 Å². The summed E-state index contributed by atoms with van der Waals surface area (Å²) < 4.78 is 6.10. The predicted octanol–water partition coefficient (Wildman–Crippen LogP) is 3.30. The molecule has 0 saturated carbocycles. The SMILES string of the molecule is Cc1ccccc1C(N)C1CCOC2(CCSC2)C1. The van der Waals surface area contributed by atoms with E-state index >= 15 is 0 Å². The molecule has 3 heteroatoms. The van der Waals surface area contributed by atoms with Crippen LogP contribution in [0.2, 0.25) is 0 Å². The number of hydrogen-bond acceptors (Lipinski definition) is 3. The molecule has 0 amide bonds. The van der Waals surface area contributed by atoms with Crippen molar-refractivity contribution in [2.45, 2.75) is 37.8 Å². The highest BCUT2D eigenvalue weighted by atomic mass is 32.2. The lowest BCUT2D eigenvalue weighted by Gasteiger charge is -2.40. The van der Waals surface area contributed by atoms with Crippen LogP contribution >= 0.6 is 11.8 Å². The lowest BCUT2D eigenvalue weighted by molar-refractivity contribution is -0.0834. The van der Waals surface area contributed by atoms with Gasteiger partial charge in [0.2, 0.25) is 0 Å². The summed E-state index contributed by atoms with van der Waals surface area (Å²) in [5, 5.41) is 0. The molecule has 2 N–H and O–H groups in total. The fraction of sp³-hybridized carbons (Fsp3) is 0.625. The third-order valence-electron chi connectivity index (χ3n) is 4.65. The van der Waals surface area contributed by atoms with Crippen molar-refractivity contribution in [3.8, 4) is 0 Å². The molecule has 0 radical (unpaired) electrons. The van der Waals surface area contributed by atoms with Crippen molar-refractivity contribution in [3.05, 3.63) is 35.4 Å². The molecule has 2 nitrogen and oxygen atoms in total. The highest BCUT2D eigenvalue weighted by Gasteiger charge is 2.42. The summed E-state index contributed by atoms with van der Waals surface area (Å²) >= 11 is 2.03. The molecule has 2 fully saturated rings. The summed E-state index contributed by atoms with van der Waals surface area (Å²) in [6.45, 7) is 3.04. The maximum absolute atomic E-state index is 6.56. The van der Waals surface area contributed by atoms with Gasteiger partial charge in [-0.25, -0.2) is 0 Å². The second-order valence-corrected chi connectivity index (χ2v) is 7.07. The van der Waals surface area contributed by atoms with Gasteiger partial charge >= 0.3 is 0 Å². The van der Waals surface area contributed by atoms with Crippen LogP contribution in [0.1, 0.15) is 36.4 Å². The summed E-state index contributed by atoms with van der Waals surface area (Å²) in [6, 6.07) is 8.70. The normalized spacial score (nSPS) is 32.6. The van der Waals surface area contributed by atoms with Crippen molar-refractivity contribution in [3.63, 3.8) is 0 Å². The third kappa shape index (κ3) is 2.69. The number of benzene rings is 1. The zero-order valence-electron chi connectivity index (χ0n) is 11.6. The van der Waals surface area contributed by atoms with Gasteiger partial charge in [-0.15, -0.1) is 0 Å². The Balaban J connectivity index is 1.76. The molecule has 1 aromatic carbocycles. The van der Waals surface area contributed by atoms with Gasteiger partial charge in [0.15, 0.2) is 0 Å². The van der Waals surface area contributed by atoms with Crippen LogP contribution in [0.4, 0.5) is 0 Å². The second-order valence-electron chi connectivity index (χ2n) is 5.97. The first-order valence-corrected chi connectivity index (χ1v) is 8.38. The molecule has 104 valence electrons. The van der Waals surface area contributed by atoms with Crippen LogP contribution in [0.3, 0.4) is 0 Å². The molecule has 2 aliphatic rings. The van der Waals surface area contributed by atoms with Gasteiger partial charge in [-0.3, -0.25) is 0 Å². The molecule has 2 heterocycles. The Morgan fingerprint density at radius 2 is 2.26 bits per heavy atom. The number of rotatable bonds is 2. The number of hydrogen-bond donors (Lipinski definition) is 1. The minimum absolute atomic E-state index is 0.133. The maximum Gasteiger partial charge on any atom is 0.0783 e. The number of ether oxygens (including phenoxy) is 1. The molecule has 3 unspecified atom stereocenters. The maximum atomic E-state index is 6.56. The van der Waals surface area contributed by atoms with Crippen LogP contribution in [-0.2, 0) is 4.74 Å². The Morgan fingerprint density at radius 1 is 1.42 bits per heavy atom. The minimum Gasteiger partial charge on any atom is -0.374 e. The summed E-state index contributed by atoms with van der Waals surface area (Å²) in [4.78, 5) is 0. The van der Waals surface area contributed by atoms with E-state index in [0.29, 0.717) is 5.92 Å². The van der Waals surface area contributed by atoms with E-state index < -0.39 is 0 Å². The molecule has 0 aliphatic carbocycles. The molecule has 3 atom stereocenters. The number of nitrogens with two attached hydrogens (primary N) is 1. The largest absolute Gasteiger partial charge is 0.374 e. The van der Waals surface area contributed by atoms with Gasteiger partial charge in [0, 0.05) is 18.4 Å².